The first-order valence-electron chi connectivity index (χ1n) is 3.01. The van der Waals surface area contributed by atoms with Gasteiger partial charge in [-0.05, 0) is 12.8 Å². The number of nitrogens with zero attached hydrogens (tertiary/aromatic N) is 1. The Labute approximate surface area is 51.1 Å². The maximum Gasteiger partial charge on any atom is 0.0325 e. The summed E-state index contributed by atoms with van der Waals surface area (Å²) in [6.07, 6.45) is 3.83. The van der Waals surface area contributed by atoms with Crippen LogP contribution < -0.4 is 0 Å². The molecule has 46 valence electrons. The van der Waals surface area contributed by atoms with Crippen molar-refractivity contribution in [2.24, 2.45) is 4.99 Å². The highest BCUT2D eigenvalue weighted by Crippen LogP contribution is 1.95. The monoisotopic (exact) mass is 111 g/mol. The second-order valence-corrected chi connectivity index (χ2v) is 1.64. The molecule has 0 aliphatic heterocycles. The zero-order valence-corrected chi connectivity index (χ0v) is 5.65. The van der Waals surface area contributed by atoms with Gasteiger partial charge in [-0.15, -0.1) is 0 Å². The third kappa shape index (κ3) is 3.59. The molecule has 0 amide bonds. The first-order valence-corrected chi connectivity index (χ1v) is 3.01. The topological polar surface area (TPSA) is 12.4 Å². The summed E-state index contributed by atoms with van der Waals surface area (Å²) in [5, 5.41) is 0. The Bertz CT molecular complexity index is 92.6. The Kier molecular flexibility index (Phi) is 4.23. The molecule has 0 unspecified atom stereocenters. The summed E-state index contributed by atoms with van der Waals surface area (Å²) in [5.41, 5.74) is 0.965. The van der Waals surface area contributed by atoms with Gasteiger partial charge in [0.2, 0.25) is 0 Å². The fraction of sp³-hybridized carbons (Fsp3) is 0.571. The molecular formula is C7H13N. The SMILES string of the molecule is C=C(CC)/N=C\CC. The van der Waals surface area contributed by atoms with Crippen LogP contribution in [0.2, 0.25) is 0 Å². The molecule has 0 saturated heterocycles. The largest absolute Gasteiger partial charge is 0.266 e. The highest BCUT2D eigenvalue weighted by Gasteiger charge is 1.77. The van der Waals surface area contributed by atoms with Crippen LogP contribution in [0.1, 0.15) is 26.7 Å². The summed E-state index contributed by atoms with van der Waals surface area (Å²) in [4.78, 5) is 4.04. The summed E-state index contributed by atoms with van der Waals surface area (Å²) in [6.45, 7) is 7.83. The van der Waals surface area contributed by atoms with Crippen LogP contribution in [-0.2, 0) is 0 Å². The van der Waals surface area contributed by atoms with Gasteiger partial charge in [-0.2, -0.15) is 0 Å². The van der Waals surface area contributed by atoms with Crippen LogP contribution in [0.3, 0.4) is 0 Å². The highest BCUT2D eigenvalue weighted by atomic mass is 14.7. The van der Waals surface area contributed by atoms with Crippen molar-refractivity contribution in [3.63, 3.8) is 0 Å². The molecule has 0 aromatic carbocycles. The van der Waals surface area contributed by atoms with Gasteiger partial charge in [-0.25, -0.2) is 0 Å². The minimum absolute atomic E-state index is 0.955. The van der Waals surface area contributed by atoms with Crippen LogP contribution in [0, 0.1) is 0 Å². The van der Waals surface area contributed by atoms with Crippen LogP contribution in [0.25, 0.3) is 0 Å². The quantitative estimate of drug-likeness (QED) is 0.496. The first-order chi connectivity index (χ1) is 3.81. The molecule has 8 heavy (non-hydrogen) atoms. The number of aliphatic imine (C=N–C) groups is 1. The zero-order valence-electron chi connectivity index (χ0n) is 5.65. The molecule has 0 fully saturated rings. The summed E-state index contributed by atoms with van der Waals surface area (Å²) < 4.78 is 0. The van der Waals surface area contributed by atoms with E-state index in [0.29, 0.717) is 0 Å². The molecule has 0 spiro atoms. The second kappa shape index (κ2) is 4.57. The summed E-state index contributed by atoms with van der Waals surface area (Å²) >= 11 is 0. The molecule has 0 radical (unpaired) electrons. The molecule has 1 nitrogen and oxygen atoms in total. The number of hydrogen-bond donors (Lipinski definition) is 0. The molecule has 0 saturated carbocycles. The van der Waals surface area contributed by atoms with Crippen molar-refractivity contribution in [3.05, 3.63) is 12.3 Å². The van der Waals surface area contributed by atoms with Gasteiger partial charge in [0, 0.05) is 11.9 Å². The van der Waals surface area contributed by atoms with E-state index in [0.717, 1.165) is 18.5 Å². The summed E-state index contributed by atoms with van der Waals surface area (Å²) in [5.74, 6) is 0. The normalized spacial score (nSPS) is 10.2. The molecule has 0 aliphatic carbocycles. The Morgan fingerprint density at radius 2 is 2.25 bits per heavy atom. The van der Waals surface area contributed by atoms with Crippen molar-refractivity contribution in [1.29, 1.82) is 0 Å². The maximum absolute atomic E-state index is 4.04. The molecule has 0 bridgehead atoms. The minimum Gasteiger partial charge on any atom is -0.266 e. The van der Waals surface area contributed by atoms with E-state index in [4.69, 9.17) is 0 Å². The zero-order chi connectivity index (χ0) is 6.41. The van der Waals surface area contributed by atoms with Crippen molar-refractivity contribution >= 4 is 6.21 Å². The lowest BCUT2D eigenvalue weighted by molar-refractivity contribution is 1.07. The van der Waals surface area contributed by atoms with Gasteiger partial charge in [0.05, 0.1) is 0 Å². The van der Waals surface area contributed by atoms with Gasteiger partial charge >= 0.3 is 0 Å². The number of allylic oxidation sites excluding steroid dienone is 1. The van der Waals surface area contributed by atoms with Gasteiger partial charge in [-0.3, -0.25) is 4.99 Å². The van der Waals surface area contributed by atoms with E-state index in [1.165, 1.54) is 0 Å². The average Bonchev–Trinajstić information content (AvgIpc) is 1.83. The van der Waals surface area contributed by atoms with Crippen molar-refractivity contribution in [1.82, 2.24) is 0 Å². The third-order valence-electron chi connectivity index (χ3n) is 0.865. The van der Waals surface area contributed by atoms with Crippen molar-refractivity contribution in [2.45, 2.75) is 26.7 Å². The van der Waals surface area contributed by atoms with E-state index >= 15 is 0 Å². The fourth-order valence-electron chi connectivity index (χ4n) is 0.312. The van der Waals surface area contributed by atoms with Crippen LogP contribution in [0.15, 0.2) is 17.3 Å². The van der Waals surface area contributed by atoms with E-state index < -0.39 is 0 Å². The fourth-order valence-corrected chi connectivity index (χ4v) is 0.312. The molecule has 0 aliphatic rings. The van der Waals surface area contributed by atoms with Gasteiger partial charge in [-0.1, -0.05) is 20.4 Å². The highest BCUT2D eigenvalue weighted by molar-refractivity contribution is 5.58. The number of rotatable bonds is 3. The lowest BCUT2D eigenvalue weighted by atomic mass is 10.4. The average molecular weight is 111 g/mol. The van der Waals surface area contributed by atoms with Crippen LogP contribution in [-0.4, -0.2) is 6.21 Å². The molecule has 0 aromatic rings. The van der Waals surface area contributed by atoms with Gasteiger partial charge < -0.3 is 0 Å². The molecule has 1 heteroatoms. The second-order valence-electron chi connectivity index (χ2n) is 1.64. The van der Waals surface area contributed by atoms with Crippen LogP contribution >= 0.6 is 0 Å². The lowest BCUT2D eigenvalue weighted by Crippen LogP contribution is -1.72. The number of hydrogen-bond acceptors (Lipinski definition) is 1. The van der Waals surface area contributed by atoms with E-state index in [9.17, 15) is 0 Å². The van der Waals surface area contributed by atoms with Gasteiger partial charge in [0.15, 0.2) is 0 Å². The molecular weight excluding hydrogens is 98.1 g/mol. The molecule has 0 rings (SSSR count). The maximum atomic E-state index is 4.04. The molecule has 0 atom stereocenters. The van der Waals surface area contributed by atoms with Gasteiger partial charge in [0.1, 0.15) is 0 Å². The predicted octanol–water partition coefficient (Wildman–Crippen LogP) is 2.39. The Balaban J connectivity index is 3.37. The third-order valence-corrected chi connectivity index (χ3v) is 0.865. The van der Waals surface area contributed by atoms with Crippen LogP contribution in [0.4, 0.5) is 0 Å². The lowest BCUT2D eigenvalue weighted by Gasteiger charge is -1.87. The summed E-state index contributed by atoms with van der Waals surface area (Å²) in [7, 11) is 0. The standard InChI is InChI=1S/C7H13N/c1-4-6-8-7(3)5-2/h6H,3-5H2,1-2H3/b8-6-. The Hall–Kier alpha value is -0.590. The first kappa shape index (κ1) is 7.41. The van der Waals surface area contributed by atoms with Crippen molar-refractivity contribution in [2.75, 3.05) is 0 Å². The molecule has 0 aromatic heterocycles. The molecule has 0 N–H and O–H groups in total. The van der Waals surface area contributed by atoms with E-state index in [2.05, 4.69) is 25.4 Å². The van der Waals surface area contributed by atoms with Crippen molar-refractivity contribution < 1.29 is 0 Å². The van der Waals surface area contributed by atoms with Crippen LogP contribution in [0.5, 0.6) is 0 Å². The minimum atomic E-state index is 0.955. The molecule has 0 heterocycles. The van der Waals surface area contributed by atoms with E-state index in [-0.39, 0.29) is 0 Å². The Morgan fingerprint density at radius 3 is 2.62 bits per heavy atom. The van der Waals surface area contributed by atoms with E-state index in [1.807, 2.05) is 6.21 Å². The van der Waals surface area contributed by atoms with Gasteiger partial charge in [0.25, 0.3) is 0 Å². The Morgan fingerprint density at radius 1 is 1.62 bits per heavy atom. The predicted molar refractivity (Wildman–Crippen MR) is 38.2 cm³/mol. The van der Waals surface area contributed by atoms with Crippen molar-refractivity contribution in [3.8, 4) is 0 Å². The summed E-state index contributed by atoms with van der Waals surface area (Å²) in [6, 6.07) is 0. The smallest absolute Gasteiger partial charge is 0.0325 e. The van der Waals surface area contributed by atoms with E-state index in [1.54, 1.807) is 0 Å².